The summed E-state index contributed by atoms with van der Waals surface area (Å²) in [6.07, 6.45) is 0.478. The number of carboxylic acids is 1. The van der Waals surface area contributed by atoms with Gasteiger partial charge in [0.25, 0.3) is 5.56 Å². The zero-order chi connectivity index (χ0) is 13.5. The second-order valence-electron chi connectivity index (χ2n) is 3.78. The van der Waals surface area contributed by atoms with Crippen LogP contribution in [0.15, 0.2) is 16.0 Å². The smallest absolute Gasteiger partial charge is 0.320 e. The highest BCUT2D eigenvalue weighted by molar-refractivity contribution is 7.99. The fourth-order valence-corrected chi connectivity index (χ4v) is 2.38. The Morgan fingerprint density at radius 2 is 2.39 bits per heavy atom. The Kier molecular flexibility index (Phi) is 5.87. The summed E-state index contributed by atoms with van der Waals surface area (Å²) in [5, 5.41) is 12.4. The normalized spacial score (nSPS) is 12.3. The van der Waals surface area contributed by atoms with Crippen LogP contribution < -0.4 is 10.9 Å². The maximum atomic E-state index is 11.2. The third-order valence-corrected chi connectivity index (χ3v) is 3.15. The molecule has 0 bridgehead atoms. The van der Waals surface area contributed by atoms with Crippen molar-refractivity contribution in [1.82, 2.24) is 15.3 Å². The molecule has 1 heterocycles. The molecule has 0 saturated carbocycles. The number of aryl methyl sites for hydroxylation is 1. The molecule has 100 valence electrons. The lowest BCUT2D eigenvalue weighted by Gasteiger charge is -2.12. The molecule has 0 spiro atoms. The van der Waals surface area contributed by atoms with Crippen LogP contribution in [0.2, 0.25) is 0 Å². The molecule has 0 aromatic carbocycles. The molecule has 6 nitrogen and oxygen atoms in total. The molecule has 3 N–H and O–H groups in total. The summed E-state index contributed by atoms with van der Waals surface area (Å²) < 4.78 is 0. The Hall–Kier alpha value is -1.34. The van der Waals surface area contributed by atoms with Crippen LogP contribution in [0.25, 0.3) is 0 Å². The summed E-state index contributed by atoms with van der Waals surface area (Å²) in [5.41, 5.74) is 0.467. The number of nitrogens with one attached hydrogen (secondary N) is 2. The number of thioether (sulfide) groups is 1. The average molecular weight is 271 g/mol. The van der Waals surface area contributed by atoms with E-state index in [0.717, 1.165) is 0 Å². The van der Waals surface area contributed by atoms with Crippen molar-refractivity contribution >= 4 is 17.7 Å². The largest absolute Gasteiger partial charge is 0.480 e. The molecule has 18 heavy (non-hydrogen) atoms. The Labute approximate surface area is 109 Å². The third-order valence-electron chi connectivity index (χ3n) is 2.24. The number of aromatic amines is 1. The van der Waals surface area contributed by atoms with Gasteiger partial charge in [0.2, 0.25) is 0 Å². The van der Waals surface area contributed by atoms with Gasteiger partial charge in [-0.3, -0.25) is 9.59 Å². The van der Waals surface area contributed by atoms with Crippen molar-refractivity contribution in [3.63, 3.8) is 0 Å². The molecule has 0 aliphatic carbocycles. The van der Waals surface area contributed by atoms with Gasteiger partial charge in [-0.2, -0.15) is 0 Å². The average Bonchev–Trinajstić information content (AvgIpc) is 2.26. The van der Waals surface area contributed by atoms with E-state index in [9.17, 15) is 9.59 Å². The first-order valence-electron chi connectivity index (χ1n) is 5.70. The van der Waals surface area contributed by atoms with E-state index in [1.807, 2.05) is 6.92 Å². The molecular formula is C11H17N3O3S. The Bertz CT molecular complexity index is 461. The predicted octanol–water partition coefficient (Wildman–Crippen LogP) is 0.623. The van der Waals surface area contributed by atoms with Crippen molar-refractivity contribution in [2.45, 2.75) is 31.5 Å². The first-order chi connectivity index (χ1) is 8.52. The van der Waals surface area contributed by atoms with Gasteiger partial charge in [-0.25, -0.2) is 4.98 Å². The van der Waals surface area contributed by atoms with Crippen LogP contribution in [0.3, 0.4) is 0 Å². The fraction of sp³-hybridized carbons (Fsp3) is 0.545. The Balaban J connectivity index is 2.49. The molecule has 0 aliphatic rings. The van der Waals surface area contributed by atoms with Crippen molar-refractivity contribution in [3.8, 4) is 0 Å². The van der Waals surface area contributed by atoms with Gasteiger partial charge < -0.3 is 15.4 Å². The van der Waals surface area contributed by atoms with Crippen LogP contribution in [0.1, 0.15) is 19.0 Å². The van der Waals surface area contributed by atoms with Crippen molar-refractivity contribution in [1.29, 1.82) is 0 Å². The second-order valence-corrected chi connectivity index (χ2v) is 4.86. The van der Waals surface area contributed by atoms with E-state index in [0.29, 0.717) is 29.6 Å². The number of carbonyl (C=O) groups is 1. The van der Waals surface area contributed by atoms with Crippen LogP contribution in [0.5, 0.6) is 0 Å². The van der Waals surface area contributed by atoms with Crippen LogP contribution in [0, 0.1) is 6.92 Å². The lowest BCUT2D eigenvalue weighted by Crippen LogP contribution is -2.36. The maximum absolute atomic E-state index is 11.2. The van der Waals surface area contributed by atoms with Crippen LogP contribution in [-0.4, -0.2) is 39.4 Å². The monoisotopic (exact) mass is 271 g/mol. The number of carboxylic acid groups (broad SMARTS) is 1. The maximum Gasteiger partial charge on any atom is 0.320 e. The number of hydrogen-bond donors (Lipinski definition) is 3. The van der Waals surface area contributed by atoms with Gasteiger partial charge in [-0.1, -0.05) is 18.7 Å². The van der Waals surface area contributed by atoms with E-state index in [1.165, 1.54) is 17.8 Å². The quantitative estimate of drug-likeness (QED) is 0.497. The van der Waals surface area contributed by atoms with Crippen molar-refractivity contribution in [2.75, 3.05) is 12.3 Å². The Morgan fingerprint density at radius 3 is 2.94 bits per heavy atom. The van der Waals surface area contributed by atoms with Gasteiger partial charge in [-0.05, 0) is 19.9 Å². The minimum absolute atomic E-state index is 0.188. The highest BCUT2D eigenvalue weighted by Gasteiger charge is 2.15. The minimum atomic E-state index is -0.858. The zero-order valence-electron chi connectivity index (χ0n) is 10.4. The topological polar surface area (TPSA) is 95.1 Å². The van der Waals surface area contributed by atoms with Gasteiger partial charge in [0, 0.05) is 17.5 Å². The van der Waals surface area contributed by atoms with E-state index >= 15 is 0 Å². The van der Waals surface area contributed by atoms with Crippen molar-refractivity contribution < 1.29 is 9.90 Å². The van der Waals surface area contributed by atoms with Gasteiger partial charge in [0.05, 0.1) is 0 Å². The van der Waals surface area contributed by atoms with Crippen LogP contribution in [0.4, 0.5) is 0 Å². The molecule has 1 aromatic heterocycles. The fourth-order valence-electron chi connectivity index (χ4n) is 1.45. The van der Waals surface area contributed by atoms with E-state index in [2.05, 4.69) is 15.3 Å². The lowest BCUT2D eigenvalue weighted by molar-refractivity contribution is -0.139. The molecule has 1 atom stereocenters. The lowest BCUT2D eigenvalue weighted by atomic mass is 10.2. The highest BCUT2D eigenvalue weighted by Crippen LogP contribution is 2.13. The molecule has 0 fully saturated rings. The molecule has 7 heteroatoms. The van der Waals surface area contributed by atoms with E-state index < -0.39 is 12.0 Å². The highest BCUT2D eigenvalue weighted by atomic mass is 32.2. The van der Waals surface area contributed by atoms with E-state index in [4.69, 9.17) is 5.11 Å². The number of rotatable bonds is 7. The summed E-state index contributed by atoms with van der Waals surface area (Å²) in [6, 6.07) is 0.863. The summed E-state index contributed by atoms with van der Waals surface area (Å²) in [5.74, 6) is -0.278. The number of likely N-dealkylation sites (N-methyl/N-ethyl adjacent to an activating group) is 1. The van der Waals surface area contributed by atoms with Crippen molar-refractivity contribution in [2.24, 2.45) is 0 Å². The van der Waals surface area contributed by atoms with Crippen LogP contribution in [-0.2, 0) is 4.79 Å². The van der Waals surface area contributed by atoms with Crippen LogP contribution >= 0.6 is 11.8 Å². The summed E-state index contributed by atoms with van der Waals surface area (Å²) in [4.78, 5) is 28.9. The minimum Gasteiger partial charge on any atom is -0.480 e. The molecule has 0 aliphatic heterocycles. The molecule has 0 radical (unpaired) electrons. The zero-order valence-corrected chi connectivity index (χ0v) is 11.2. The first kappa shape index (κ1) is 14.7. The number of aliphatic carboxylic acids is 1. The predicted molar refractivity (Wildman–Crippen MR) is 70.0 cm³/mol. The SMILES string of the molecule is CCNC(CCSc1nc(C)cc(=O)[nH]1)C(=O)O. The first-order valence-corrected chi connectivity index (χ1v) is 6.68. The van der Waals surface area contributed by atoms with Crippen molar-refractivity contribution in [3.05, 3.63) is 22.1 Å². The summed E-state index contributed by atoms with van der Waals surface area (Å²) >= 11 is 1.35. The number of aromatic nitrogens is 2. The number of H-pyrrole nitrogens is 1. The second kappa shape index (κ2) is 7.17. The number of nitrogens with zero attached hydrogens (tertiary/aromatic N) is 1. The van der Waals surface area contributed by atoms with Gasteiger partial charge in [0.1, 0.15) is 6.04 Å². The van der Waals surface area contributed by atoms with E-state index in [-0.39, 0.29) is 5.56 Å². The van der Waals surface area contributed by atoms with E-state index in [1.54, 1.807) is 6.92 Å². The molecule has 1 aromatic rings. The summed E-state index contributed by atoms with van der Waals surface area (Å²) in [6.45, 7) is 4.22. The Morgan fingerprint density at radius 1 is 1.67 bits per heavy atom. The molecule has 1 rings (SSSR count). The standard InChI is InChI=1S/C11H17N3O3S/c1-3-12-8(10(16)17)4-5-18-11-13-7(2)6-9(15)14-11/h6,8,12H,3-5H2,1-2H3,(H,16,17)(H,13,14,15). The third kappa shape index (κ3) is 4.89. The number of hydrogen-bond acceptors (Lipinski definition) is 5. The van der Waals surface area contributed by atoms with Gasteiger partial charge in [-0.15, -0.1) is 0 Å². The molecule has 0 amide bonds. The molecule has 0 saturated heterocycles. The molecular weight excluding hydrogens is 254 g/mol. The molecule has 1 unspecified atom stereocenters. The van der Waals surface area contributed by atoms with Gasteiger partial charge in [0.15, 0.2) is 5.16 Å². The summed E-state index contributed by atoms with van der Waals surface area (Å²) in [7, 11) is 0. The van der Waals surface area contributed by atoms with Gasteiger partial charge >= 0.3 is 5.97 Å².